The Morgan fingerprint density at radius 1 is 1.09 bits per heavy atom. The zero-order chi connectivity index (χ0) is 17.3. The molecule has 0 aliphatic rings. The Bertz CT molecular complexity index is 447. The number of hydrogen-bond donors (Lipinski definition) is 0. The molecule has 0 aliphatic heterocycles. The van der Waals surface area contributed by atoms with Crippen molar-refractivity contribution in [1.82, 2.24) is 4.90 Å². The summed E-state index contributed by atoms with van der Waals surface area (Å²) in [6.45, 7) is 23.8. The molecule has 22 heavy (non-hydrogen) atoms. The zero-order valence-corrected chi connectivity index (χ0v) is 16.2. The van der Waals surface area contributed by atoms with Gasteiger partial charge in [-0.05, 0) is 61.8 Å². The van der Waals surface area contributed by atoms with E-state index < -0.39 is 0 Å². The van der Waals surface area contributed by atoms with Crippen molar-refractivity contribution in [3.63, 3.8) is 0 Å². The van der Waals surface area contributed by atoms with Gasteiger partial charge in [0, 0.05) is 18.8 Å². The highest BCUT2D eigenvalue weighted by Crippen LogP contribution is 2.25. The van der Waals surface area contributed by atoms with Gasteiger partial charge in [-0.2, -0.15) is 0 Å². The molecule has 1 aromatic carbocycles. The van der Waals surface area contributed by atoms with E-state index in [1.165, 1.54) is 23.1 Å². The Kier molecular flexibility index (Phi) is 9.16. The van der Waals surface area contributed by atoms with Gasteiger partial charge in [-0.1, -0.05) is 53.3 Å². The fraction of sp³-hybridized carbons (Fsp3) is 0.619. The lowest BCUT2D eigenvalue weighted by Gasteiger charge is -2.25. The molecular weight excluding hydrogens is 266 g/mol. The molecule has 0 heterocycles. The fourth-order valence-corrected chi connectivity index (χ4v) is 2.42. The van der Waals surface area contributed by atoms with Crippen LogP contribution in [0.1, 0.15) is 71.6 Å². The van der Waals surface area contributed by atoms with Crippen molar-refractivity contribution in [2.24, 2.45) is 5.41 Å². The first kappa shape index (κ1) is 20.8. The normalized spacial score (nSPS) is 10.7. The summed E-state index contributed by atoms with van der Waals surface area (Å²) >= 11 is 0. The predicted molar refractivity (Wildman–Crippen MR) is 102 cm³/mol. The largest absolute Gasteiger partial charge is 0.372 e. The van der Waals surface area contributed by atoms with Gasteiger partial charge in [-0.25, -0.2) is 0 Å². The maximum absolute atomic E-state index is 4.27. The minimum atomic E-state index is 0.387. The van der Waals surface area contributed by atoms with E-state index in [0.717, 1.165) is 25.2 Å². The van der Waals surface area contributed by atoms with Crippen LogP contribution in [0.2, 0.25) is 0 Å². The summed E-state index contributed by atoms with van der Waals surface area (Å²) in [7, 11) is 0. The van der Waals surface area contributed by atoms with Gasteiger partial charge in [0.2, 0.25) is 0 Å². The van der Waals surface area contributed by atoms with Crippen LogP contribution < -0.4 is 0 Å². The zero-order valence-electron chi connectivity index (χ0n) is 16.2. The smallest absolute Gasteiger partial charge is 0.0366 e. The van der Waals surface area contributed by atoms with Crippen LogP contribution in [0, 0.1) is 12.3 Å². The lowest BCUT2D eigenvalue weighted by molar-refractivity contribution is 0.378. The molecule has 0 saturated heterocycles. The molecule has 0 aromatic heterocycles. The van der Waals surface area contributed by atoms with Crippen molar-refractivity contribution < 1.29 is 0 Å². The number of benzene rings is 1. The maximum atomic E-state index is 4.27. The molecule has 0 spiro atoms. The highest BCUT2D eigenvalue weighted by atomic mass is 15.1. The van der Waals surface area contributed by atoms with Crippen molar-refractivity contribution in [2.75, 3.05) is 13.1 Å². The maximum Gasteiger partial charge on any atom is 0.0366 e. The van der Waals surface area contributed by atoms with Crippen molar-refractivity contribution in [3.8, 4) is 0 Å². The van der Waals surface area contributed by atoms with Crippen molar-refractivity contribution in [2.45, 2.75) is 68.2 Å². The van der Waals surface area contributed by atoms with Gasteiger partial charge in [0.05, 0.1) is 0 Å². The van der Waals surface area contributed by atoms with Crippen molar-refractivity contribution >= 4 is 5.70 Å². The fourth-order valence-electron chi connectivity index (χ4n) is 2.42. The first-order chi connectivity index (χ1) is 10.3. The Labute approximate surface area is 139 Å². The summed E-state index contributed by atoms with van der Waals surface area (Å²) in [5.74, 6) is 0. The van der Waals surface area contributed by atoms with Gasteiger partial charge in [0.25, 0.3) is 0 Å². The van der Waals surface area contributed by atoms with Gasteiger partial charge in [-0.15, -0.1) is 0 Å². The van der Waals surface area contributed by atoms with Crippen LogP contribution in [0.3, 0.4) is 0 Å². The molecule has 0 fully saturated rings. The van der Waals surface area contributed by atoms with Crippen molar-refractivity contribution in [1.29, 1.82) is 0 Å². The highest BCUT2D eigenvalue weighted by molar-refractivity contribution is 5.63. The molecule has 0 unspecified atom stereocenters. The monoisotopic (exact) mass is 303 g/mol. The third kappa shape index (κ3) is 6.68. The van der Waals surface area contributed by atoms with E-state index in [1.54, 1.807) is 0 Å². The Hall–Kier alpha value is -1.24. The van der Waals surface area contributed by atoms with E-state index in [2.05, 4.69) is 71.2 Å². The number of aryl methyl sites for hydroxylation is 2. The van der Waals surface area contributed by atoms with Gasteiger partial charge < -0.3 is 4.90 Å². The predicted octanol–water partition coefficient (Wildman–Crippen LogP) is 6.31. The summed E-state index contributed by atoms with van der Waals surface area (Å²) in [5.41, 5.74) is 5.66. The summed E-state index contributed by atoms with van der Waals surface area (Å²) in [6, 6.07) is 6.78. The molecular formula is C21H37N. The molecule has 0 N–H and O–H groups in total. The van der Waals surface area contributed by atoms with Gasteiger partial charge in [-0.3, -0.25) is 0 Å². The van der Waals surface area contributed by atoms with Crippen LogP contribution in [0.25, 0.3) is 5.70 Å². The summed E-state index contributed by atoms with van der Waals surface area (Å²) < 4.78 is 0. The molecule has 1 nitrogen and oxygen atoms in total. The van der Waals surface area contributed by atoms with E-state index in [-0.39, 0.29) is 0 Å². The Morgan fingerprint density at radius 3 is 2.09 bits per heavy atom. The van der Waals surface area contributed by atoms with E-state index in [0.29, 0.717) is 5.41 Å². The first-order valence-electron chi connectivity index (χ1n) is 8.82. The first-order valence-corrected chi connectivity index (χ1v) is 8.82. The average Bonchev–Trinajstić information content (AvgIpc) is 2.48. The number of nitrogens with zero attached hydrogens (tertiary/aromatic N) is 1. The second-order valence-electron chi connectivity index (χ2n) is 6.82. The minimum Gasteiger partial charge on any atom is -0.372 e. The third-order valence-electron chi connectivity index (χ3n) is 3.97. The number of hydrogen-bond acceptors (Lipinski definition) is 1. The third-order valence-corrected chi connectivity index (χ3v) is 3.97. The minimum absolute atomic E-state index is 0.387. The van der Waals surface area contributed by atoms with E-state index >= 15 is 0 Å². The van der Waals surface area contributed by atoms with Crippen LogP contribution in [0.4, 0.5) is 0 Å². The molecule has 1 aromatic rings. The Morgan fingerprint density at radius 2 is 1.64 bits per heavy atom. The van der Waals surface area contributed by atoms with E-state index in [1.807, 2.05) is 13.8 Å². The van der Waals surface area contributed by atoms with Crippen LogP contribution in [0.5, 0.6) is 0 Å². The van der Waals surface area contributed by atoms with Crippen LogP contribution in [-0.4, -0.2) is 18.0 Å². The van der Waals surface area contributed by atoms with Crippen LogP contribution >= 0.6 is 0 Å². The summed E-state index contributed by atoms with van der Waals surface area (Å²) in [5, 5.41) is 0. The van der Waals surface area contributed by atoms with Gasteiger partial charge in [0.15, 0.2) is 0 Å². The quantitative estimate of drug-likeness (QED) is 0.595. The molecule has 126 valence electrons. The summed E-state index contributed by atoms with van der Waals surface area (Å²) in [6.07, 6.45) is 2.36. The molecule has 1 rings (SSSR count). The van der Waals surface area contributed by atoms with Crippen LogP contribution in [0.15, 0.2) is 24.8 Å². The van der Waals surface area contributed by atoms with Crippen LogP contribution in [-0.2, 0) is 6.42 Å². The van der Waals surface area contributed by atoms with Gasteiger partial charge >= 0.3 is 0 Å². The number of rotatable bonds is 6. The second-order valence-corrected chi connectivity index (χ2v) is 6.82. The molecule has 1 heteroatoms. The van der Waals surface area contributed by atoms with Gasteiger partial charge in [0.1, 0.15) is 0 Å². The molecule has 0 radical (unpaired) electrons. The second kappa shape index (κ2) is 9.71. The van der Waals surface area contributed by atoms with Crippen molar-refractivity contribution in [3.05, 3.63) is 41.5 Å². The molecule has 0 amide bonds. The van der Waals surface area contributed by atoms with E-state index in [4.69, 9.17) is 0 Å². The molecule has 0 saturated carbocycles. The lowest BCUT2D eigenvalue weighted by atomic mass is 9.87. The average molecular weight is 304 g/mol. The summed E-state index contributed by atoms with van der Waals surface area (Å²) in [4.78, 5) is 2.32. The molecule has 0 bridgehead atoms. The lowest BCUT2D eigenvalue weighted by Crippen LogP contribution is -2.20. The highest BCUT2D eigenvalue weighted by Gasteiger charge is 2.12. The Balaban J connectivity index is 0.00000211. The topological polar surface area (TPSA) is 3.24 Å². The molecule has 0 aliphatic carbocycles. The molecule has 0 atom stereocenters. The standard InChI is InChI=1S/C19H31N.C2H6/c1-8-20(9-2)16(4)18-11-10-15(3)17(14-18)12-13-19(5,6)7;1-2/h10-11,14H,4,8-9,12-13H2,1-3,5-7H3;1-2H3. The van der Waals surface area contributed by atoms with E-state index in [9.17, 15) is 0 Å². The SMILES string of the molecule is C=C(c1ccc(C)c(CCC(C)(C)C)c1)N(CC)CC.CC.